The summed E-state index contributed by atoms with van der Waals surface area (Å²) in [4.78, 5) is 49.4. The van der Waals surface area contributed by atoms with Crippen molar-refractivity contribution >= 4 is 35.5 Å². The van der Waals surface area contributed by atoms with E-state index in [1.54, 1.807) is 12.1 Å². The molecule has 0 spiro atoms. The molecule has 0 aliphatic carbocycles. The topological polar surface area (TPSA) is 197 Å². The first-order chi connectivity index (χ1) is 16.2. The maximum absolute atomic E-state index is 13.1. The number of carbonyl (C=O) groups is 4. The molecule has 3 unspecified atom stereocenters. The zero-order valence-corrected chi connectivity index (χ0v) is 20.1. The Balaban J connectivity index is 3.01. The van der Waals surface area contributed by atoms with E-state index in [4.69, 9.17) is 11.5 Å². The molecule has 0 saturated carbocycles. The van der Waals surface area contributed by atoms with Gasteiger partial charge < -0.3 is 37.6 Å². The average Bonchev–Trinajstić information content (AvgIpc) is 2.81. The summed E-state index contributed by atoms with van der Waals surface area (Å²) in [5.74, 6) is -2.34. The van der Waals surface area contributed by atoms with Crippen LogP contribution in [0.15, 0.2) is 24.3 Å². The Morgan fingerprint density at radius 1 is 0.912 bits per heavy atom. The fourth-order valence-corrected chi connectivity index (χ4v) is 3.60. The van der Waals surface area contributed by atoms with Gasteiger partial charge in [0.25, 0.3) is 0 Å². The van der Waals surface area contributed by atoms with Crippen LogP contribution in [0.3, 0.4) is 0 Å². The van der Waals surface area contributed by atoms with Crippen molar-refractivity contribution < 1.29 is 29.4 Å². The number of thioether (sulfide) groups is 1. The number of benzene rings is 1. The van der Waals surface area contributed by atoms with Crippen molar-refractivity contribution in [2.75, 3.05) is 25.1 Å². The Morgan fingerprint density at radius 3 is 2.09 bits per heavy atom. The number of aliphatic carboxylic acids is 1. The first kappa shape index (κ1) is 29.2. The lowest BCUT2D eigenvalue weighted by Gasteiger charge is -2.24. The molecule has 1 aromatic carbocycles. The van der Waals surface area contributed by atoms with Crippen LogP contribution in [0.1, 0.15) is 31.2 Å². The molecule has 0 bridgehead atoms. The van der Waals surface area contributed by atoms with Gasteiger partial charge in [-0.25, -0.2) is 4.79 Å². The summed E-state index contributed by atoms with van der Waals surface area (Å²) in [6, 6.07) is 3.01. The Labute approximate surface area is 203 Å². The summed E-state index contributed by atoms with van der Waals surface area (Å²) in [6.07, 6.45) is 3.58. The molecule has 190 valence electrons. The highest BCUT2D eigenvalue weighted by Gasteiger charge is 2.29. The number of aromatic hydroxyl groups is 1. The van der Waals surface area contributed by atoms with Gasteiger partial charge >= 0.3 is 5.97 Å². The molecule has 0 heterocycles. The number of rotatable bonds is 16. The lowest BCUT2D eigenvalue weighted by atomic mass is 10.0. The molecule has 34 heavy (non-hydrogen) atoms. The number of carboxylic acids is 1. The lowest BCUT2D eigenvalue weighted by Crippen LogP contribution is -2.56. The Kier molecular flexibility index (Phi) is 13.7. The Morgan fingerprint density at radius 2 is 1.53 bits per heavy atom. The minimum atomic E-state index is -1.16. The van der Waals surface area contributed by atoms with E-state index in [1.807, 2.05) is 6.26 Å². The minimum Gasteiger partial charge on any atom is -0.508 e. The normalized spacial score (nSPS) is 13.4. The lowest BCUT2D eigenvalue weighted by molar-refractivity contribution is -0.142. The first-order valence-corrected chi connectivity index (χ1v) is 12.4. The molecule has 0 saturated heterocycles. The van der Waals surface area contributed by atoms with Crippen LogP contribution in [0.4, 0.5) is 0 Å². The van der Waals surface area contributed by atoms with Gasteiger partial charge in [-0.2, -0.15) is 11.8 Å². The number of hydrogen-bond donors (Lipinski definition) is 7. The Bertz CT molecular complexity index is 807. The minimum absolute atomic E-state index is 0.0573. The monoisotopic (exact) mass is 497 g/mol. The van der Waals surface area contributed by atoms with Crippen molar-refractivity contribution in [3.63, 3.8) is 0 Å². The van der Waals surface area contributed by atoms with Crippen LogP contribution in [0.2, 0.25) is 0 Å². The van der Waals surface area contributed by atoms with E-state index in [0.717, 1.165) is 0 Å². The molecule has 12 heteroatoms. The highest BCUT2D eigenvalue weighted by atomic mass is 32.2. The Hall–Kier alpha value is -2.83. The fraction of sp³-hybridized carbons (Fsp3) is 0.545. The fourth-order valence-electron chi connectivity index (χ4n) is 3.13. The SMILES string of the molecule is CSCCC(NC(=O)C(CCCCN)NC(=O)C(Cc1ccc(O)cc1)NC(=O)CN)C(=O)O. The van der Waals surface area contributed by atoms with E-state index in [0.29, 0.717) is 30.7 Å². The third kappa shape index (κ3) is 10.9. The van der Waals surface area contributed by atoms with Crippen molar-refractivity contribution in [2.45, 2.75) is 50.2 Å². The van der Waals surface area contributed by atoms with Crippen molar-refractivity contribution in [1.29, 1.82) is 0 Å². The highest BCUT2D eigenvalue weighted by Crippen LogP contribution is 2.12. The number of carboxylic acid groups (broad SMARTS) is 1. The number of nitrogens with two attached hydrogens (primary N) is 2. The zero-order valence-electron chi connectivity index (χ0n) is 19.3. The summed E-state index contributed by atoms with van der Waals surface area (Å²) in [5, 5.41) is 26.6. The molecule has 1 aromatic rings. The summed E-state index contributed by atoms with van der Waals surface area (Å²) in [7, 11) is 0. The number of carbonyl (C=O) groups excluding carboxylic acids is 3. The van der Waals surface area contributed by atoms with Gasteiger partial charge in [-0.15, -0.1) is 0 Å². The molecular weight excluding hydrogens is 462 g/mol. The zero-order chi connectivity index (χ0) is 25.5. The number of unbranched alkanes of at least 4 members (excludes halogenated alkanes) is 1. The average molecular weight is 498 g/mol. The number of amides is 3. The molecular formula is C22H35N5O6S. The van der Waals surface area contributed by atoms with Crippen molar-refractivity contribution in [3.8, 4) is 5.75 Å². The smallest absolute Gasteiger partial charge is 0.326 e. The van der Waals surface area contributed by atoms with E-state index < -0.39 is 41.8 Å². The molecule has 11 nitrogen and oxygen atoms in total. The predicted octanol–water partition coefficient (Wildman–Crippen LogP) is -0.685. The predicted molar refractivity (Wildman–Crippen MR) is 130 cm³/mol. The highest BCUT2D eigenvalue weighted by molar-refractivity contribution is 7.98. The van der Waals surface area contributed by atoms with Gasteiger partial charge in [0, 0.05) is 6.42 Å². The molecule has 0 aliphatic rings. The molecule has 0 radical (unpaired) electrons. The van der Waals surface area contributed by atoms with Crippen LogP contribution in [0.25, 0.3) is 0 Å². The van der Waals surface area contributed by atoms with Crippen LogP contribution in [0.5, 0.6) is 5.75 Å². The molecule has 9 N–H and O–H groups in total. The molecule has 1 rings (SSSR count). The third-order valence-corrected chi connectivity index (χ3v) is 5.66. The van der Waals surface area contributed by atoms with E-state index in [2.05, 4.69) is 16.0 Å². The molecule has 0 fully saturated rings. The van der Waals surface area contributed by atoms with E-state index in [-0.39, 0.29) is 31.6 Å². The molecule has 3 atom stereocenters. The summed E-state index contributed by atoms with van der Waals surface area (Å²) in [6.45, 7) is 0.0826. The number of phenols is 1. The van der Waals surface area contributed by atoms with E-state index in [9.17, 15) is 29.4 Å². The van der Waals surface area contributed by atoms with E-state index in [1.165, 1.54) is 23.9 Å². The van der Waals surface area contributed by atoms with Gasteiger partial charge in [0.15, 0.2) is 0 Å². The first-order valence-electron chi connectivity index (χ1n) is 11.0. The molecule has 0 aliphatic heterocycles. The van der Waals surface area contributed by atoms with Gasteiger partial charge in [0.2, 0.25) is 17.7 Å². The summed E-state index contributed by atoms with van der Waals surface area (Å²) in [5.41, 5.74) is 11.6. The molecule has 3 amide bonds. The van der Waals surface area contributed by atoms with Gasteiger partial charge in [-0.1, -0.05) is 12.1 Å². The van der Waals surface area contributed by atoms with Gasteiger partial charge in [-0.05, 0) is 61.9 Å². The van der Waals surface area contributed by atoms with Crippen LogP contribution >= 0.6 is 11.8 Å². The largest absolute Gasteiger partial charge is 0.508 e. The van der Waals surface area contributed by atoms with Crippen molar-refractivity contribution in [1.82, 2.24) is 16.0 Å². The van der Waals surface area contributed by atoms with Crippen molar-refractivity contribution in [2.24, 2.45) is 11.5 Å². The number of nitrogens with one attached hydrogen (secondary N) is 3. The van der Waals surface area contributed by atoms with Crippen LogP contribution < -0.4 is 27.4 Å². The van der Waals surface area contributed by atoms with Gasteiger partial charge in [0.1, 0.15) is 23.9 Å². The maximum Gasteiger partial charge on any atom is 0.326 e. The van der Waals surface area contributed by atoms with Crippen LogP contribution in [-0.2, 0) is 25.6 Å². The van der Waals surface area contributed by atoms with Gasteiger partial charge in [-0.3, -0.25) is 14.4 Å². The van der Waals surface area contributed by atoms with Crippen molar-refractivity contribution in [3.05, 3.63) is 29.8 Å². The maximum atomic E-state index is 13.1. The standard InChI is InChI=1S/C22H35N5O6S/c1-34-11-9-17(22(32)33)27-20(30)16(4-2-3-10-23)26-21(31)18(25-19(29)13-24)12-14-5-7-15(28)8-6-14/h5-8,16-18,28H,2-4,9-13,23-24H2,1H3,(H,25,29)(H,26,31)(H,27,30)(H,32,33). The van der Waals surface area contributed by atoms with Crippen LogP contribution in [0, 0.1) is 0 Å². The third-order valence-electron chi connectivity index (χ3n) is 5.02. The number of phenolic OH excluding ortho intramolecular Hbond substituents is 1. The summed E-state index contributed by atoms with van der Waals surface area (Å²) >= 11 is 1.46. The summed E-state index contributed by atoms with van der Waals surface area (Å²) < 4.78 is 0. The van der Waals surface area contributed by atoms with E-state index >= 15 is 0 Å². The second kappa shape index (κ2) is 15.9. The quantitative estimate of drug-likeness (QED) is 0.145. The van der Waals surface area contributed by atoms with Gasteiger partial charge in [0.05, 0.1) is 6.54 Å². The van der Waals surface area contributed by atoms with Crippen LogP contribution in [-0.4, -0.2) is 77.1 Å². The second-order valence-electron chi connectivity index (χ2n) is 7.72. The second-order valence-corrected chi connectivity index (χ2v) is 8.71. The number of hydrogen-bond acceptors (Lipinski definition) is 8. The molecule has 0 aromatic heterocycles.